The summed E-state index contributed by atoms with van der Waals surface area (Å²) in [4.78, 5) is 26.8. The molecule has 0 saturated heterocycles. The molecule has 0 aliphatic carbocycles. The Labute approximate surface area is 179 Å². The van der Waals surface area contributed by atoms with E-state index in [2.05, 4.69) is 6.07 Å². The number of carbonyl (C=O) groups is 2. The Hall–Kier alpha value is -3.61. The lowest BCUT2D eigenvalue weighted by Crippen LogP contribution is -2.42. The van der Waals surface area contributed by atoms with Gasteiger partial charge in [0.1, 0.15) is 23.9 Å². The molecule has 6 nitrogen and oxygen atoms in total. The van der Waals surface area contributed by atoms with Crippen molar-refractivity contribution in [2.24, 2.45) is 0 Å². The van der Waals surface area contributed by atoms with Crippen molar-refractivity contribution in [3.8, 4) is 5.75 Å². The molecular weight excluding hydrogens is 401 g/mol. The van der Waals surface area contributed by atoms with Crippen LogP contribution in [0, 0.1) is 5.82 Å². The van der Waals surface area contributed by atoms with Crippen molar-refractivity contribution in [1.82, 2.24) is 4.90 Å². The predicted octanol–water partition coefficient (Wildman–Crippen LogP) is 4.13. The van der Waals surface area contributed by atoms with Gasteiger partial charge in [-0.1, -0.05) is 24.3 Å². The topological polar surface area (TPSA) is 69.0 Å². The maximum Gasteiger partial charge on any atom is 0.375 e. The second-order valence-electron chi connectivity index (χ2n) is 7.33. The van der Waals surface area contributed by atoms with E-state index >= 15 is 0 Å². The van der Waals surface area contributed by atoms with Crippen molar-refractivity contribution >= 4 is 11.9 Å². The number of hydrogen-bond donors (Lipinski definition) is 0. The molecule has 2 heterocycles. The predicted molar refractivity (Wildman–Crippen MR) is 110 cm³/mol. The molecule has 160 valence electrons. The number of benzene rings is 2. The van der Waals surface area contributed by atoms with Crippen LogP contribution in [-0.2, 0) is 29.1 Å². The Morgan fingerprint density at radius 1 is 1.06 bits per heavy atom. The molecule has 3 aromatic rings. The first-order valence-electron chi connectivity index (χ1n) is 10.0. The van der Waals surface area contributed by atoms with Crippen molar-refractivity contribution in [2.75, 3.05) is 6.54 Å². The van der Waals surface area contributed by atoms with E-state index in [9.17, 15) is 14.0 Å². The Balaban J connectivity index is 1.31. The summed E-state index contributed by atoms with van der Waals surface area (Å²) in [5.74, 6) is -0.443. The van der Waals surface area contributed by atoms with E-state index in [0.717, 1.165) is 12.0 Å². The Kier molecular flexibility index (Phi) is 6.02. The minimum absolute atomic E-state index is 0.0126. The molecule has 7 heteroatoms. The molecule has 0 N–H and O–H groups in total. The Bertz CT molecular complexity index is 1080. The molecule has 1 amide bonds. The number of nitrogens with zero attached hydrogens (tertiary/aromatic N) is 1. The van der Waals surface area contributed by atoms with E-state index in [4.69, 9.17) is 13.9 Å². The van der Waals surface area contributed by atoms with Gasteiger partial charge in [-0.05, 0) is 60.9 Å². The molecule has 0 radical (unpaired) electrons. The zero-order chi connectivity index (χ0) is 21.8. The monoisotopic (exact) mass is 423 g/mol. The quantitative estimate of drug-likeness (QED) is 0.558. The highest BCUT2D eigenvalue weighted by Crippen LogP contribution is 2.20. The third-order valence-electron chi connectivity index (χ3n) is 5.13. The lowest BCUT2D eigenvalue weighted by molar-refractivity contribution is -0.140. The summed E-state index contributed by atoms with van der Waals surface area (Å²) in [6.07, 6.45) is -0.153. The lowest BCUT2D eigenvalue weighted by atomic mass is 9.99. The van der Waals surface area contributed by atoms with E-state index in [1.54, 1.807) is 17.9 Å². The van der Waals surface area contributed by atoms with Crippen LogP contribution in [0.2, 0.25) is 0 Å². The fraction of sp³-hybridized carbons (Fsp3) is 0.250. The molecule has 31 heavy (non-hydrogen) atoms. The fourth-order valence-corrected chi connectivity index (χ4v) is 3.46. The number of halogens is 1. The molecule has 0 saturated carbocycles. The standard InChI is InChI=1S/C24H22FNO5/c1-16(23(27)26-13-12-17-4-2-3-5-18(17)14-26)30-24(28)22-11-10-21(31-22)15-29-20-8-6-19(25)7-9-20/h2-11,16H,12-15H2,1H3. The van der Waals surface area contributed by atoms with Gasteiger partial charge < -0.3 is 18.8 Å². The molecule has 1 aliphatic rings. The van der Waals surface area contributed by atoms with Crippen LogP contribution < -0.4 is 4.74 Å². The zero-order valence-corrected chi connectivity index (χ0v) is 17.0. The first-order chi connectivity index (χ1) is 15.0. The molecule has 4 rings (SSSR count). The van der Waals surface area contributed by atoms with E-state index in [1.807, 2.05) is 18.2 Å². The highest BCUT2D eigenvalue weighted by Gasteiger charge is 2.28. The van der Waals surface area contributed by atoms with Gasteiger partial charge in [-0.15, -0.1) is 0 Å². The van der Waals surface area contributed by atoms with Gasteiger partial charge in [0.2, 0.25) is 5.76 Å². The van der Waals surface area contributed by atoms with Gasteiger partial charge in [0, 0.05) is 13.1 Å². The first-order valence-corrected chi connectivity index (χ1v) is 10.0. The zero-order valence-electron chi connectivity index (χ0n) is 17.0. The third-order valence-corrected chi connectivity index (χ3v) is 5.13. The normalized spacial score (nSPS) is 13.9. The molecular formula is C24H22FNO5. The summed E-state index contributed by atoms with van der Waals surface area (Å²) < 4.78 is 29.2. The number of carbonyl (C=O) groups excluding carboxylic acids is 2. The Morgan fingerprint density at radius 3 is 2.58 bits per heavy atom. The first kappa shape index (κ1) is 20.7. The minimum Gasteiger partial charge on any atom is -0.486 e. The average molecular weight is 423 g/mol. The maximum atomic E-state index is 12.9. The minimum atomic E-state index is -0.929. The van der Waals surface area contributed by atoms with E-state index in [1.165, 1.54) is 35.9 Å². The van der Waals surface area contributed by atoms with Crippen molar-refractivity contribution in [2.45, 2.75) is 32.6 Å². The second kappa shape index (κ2) is 9.04. The van der Waals surface area contributed by atoms with Gasteiger partial charge in [-0.2, -0.15) is 0 Å². The van der Waals surface area contributed by atoms with Crippen molar-refractivity contribution in [1.29, 1.82) is 0 Å². The highest BCUT2D eigenvalue weighted by molar-refractivity contribution is 5.90. The van der Waals surface area contributed by atoms with Gasteiger partial charge >= 0.3 is 5.97 Å². The van der Waals surface area contributed by atoms with Crippen LogP contribution in [0.5, 0.6) is 5.75 Å². The molecule has 1 atom stereocenters. The van der Waals surface area contributed by atoms with Gasteiger partial charge in [-0.25, -0.2) is 9.18 Å². The van der Waals surface area contributed by atoms with Crippen LogP contribution in [0.1, 0.15) is 34.4 Å². The van der Waals surface area contributed by atoms with Crippen LogP contribution in [-0.4, -0.2) is 29.4 Å². The van der Waals surface area contributed by atoms with Crippen molar-refractivity contribution in [3.05, 3.63) is 89.1 Å². The van der Waals surface area contributed by atoms with Crippen LogP contribution in [0.3, 0.4) is 0 Å². The number of hydrogen-bond acceptors (Lipinski definition) is 5. The Morgan fingerprint density at radius 2 is 1.81 bits per heavy atom. The molecule has 1 aliphatic heterocycles. The van der Waals surface area contributed by atoms with E-state index in [0.29, 0.717) is 24.6 Å². The van der Waals surface area contributed by atoms with Gasteiger partial charge in [0.05, 0.1) is 0 Å². The van der Waals surface area contributed by atoms with Crippen LogP contribution in [0.15, 0.2) is 65.1 Å². The largest absolute Gasteiger partial charge is 0.486 e. The summed E-state index contributed by atoms with van der Waals surface area (Å²) in [5.41, 5.74) is 2.35. The summed E-state index contributed by atoms with van der Waals surface area (Å²) in [7, 11) is 0. The summed E-state index contributed by atoms with van der Waals surface area (Å²) in [6.45, 7) is 2.72. The molecule has 0 spiro atoms. The summed E-state index contributed by atoms with van der Waals surface area (Å²) in [6, 6.07) is 16.7. The number of esters is 1. The average Bonchev–Trinajstić information content (AvgIpc) is 3.27. The number of rotatable bonds is 6. The van der Waals surface area contributed by atoms with E-state index in [-0.39, 0.29) is 24.1 Å². The summed E-state index contributed by atoms with van der Waals surface area (Å²) >= 11 is 0. The number of furan rings is 1. The number of amides is 1. The molecule has 0 fully saturated rings. The van der Waals surface area contributed by atoms with Gasteiger partial charge in [-0.3, -0.25) is 4.79 Å². The number of ether oxygens (including phenoxy) is 2. The maximum absolute atomic E-state index is 12.9. The molecule has 2 aromatic carbocycles. The summed E-state index contributed by atoms with van der Waals surface area (Å²) in [5, 5.41) is 0. The fourth-order valence-electron chi connectivity index (χ4n) is 3.46. The van der Waals surface area contributed by atoms with Crippen LogP contribution >= 0.6 is 0 Å². The molecule has 0 bridgehead atoms. The lowest BCUT2D eigenvalue weighted by Gasteiger charge is -2.30. The van der Waals surface area contributed by atoms with Crippen LogP contribution in [0.4, 0.5) is 4.39 Å². The molecule has 1 unspecified atom stereocenters. The van der Waals surface area contributed by atoms with Gasteiger partial charge in [0.15, 0.2) is 6.10 Å². The van der Waals surface area contributed by atoms with E-state index < -0.39 is 12.1 Å². The van der Waals surface area contributed by atoms with Gasteiger partial charge in [0.25, 0.3) is 5.91 Å². The van der Waals surface area contributed by atoms with Crippen molar-refractivity contribution < 1.29 is 27.9 Å². The van der Waals surface area contributed by atoms with Crippen molar-refractivity contribution in [3.63, 3.8) is 0 Å². The second-order valence-corrected chi connectivity index (χ2v) is 7.33. The number of fused-ring (bicyclic) bond motifs is 1. The SMILES string of the molecule is CC(OC(=O)c1ccc(COc2ccc(F)cc2)o1)C(=O)N1CCc2ccccc2C1. The smallest absolute Gasteiger partial charge is 0.375 e. The third kappa shape index (κ3) is 4.94. The molecule has 1 aromatic heterocycles. The highest BCUT2D eigenvalue weighted by atomic mass is 19.1. The van der Waals surface area contributed by atoms with Crippen LogP contribution in [0.25, 0.3) is 0 Å².